The largest absolute Gasteiger partial charge is 0.370 e. The summed E-state index contributed by atoms with van der Waals surface area (Å²) in [5, 5.41) is 7.70. The van der Waals surface area contributed by atoms with Gasteiger partial charge < -0.3 is 25.8 Å². The van der Waals surface area contributed by atoms with Gasteiger partial charge in [-0.25, -0.2) is 4.79 Å². The van der Waals surface area contributed by atoms with E-state index in [4.69, 9.17) is 5.73 Å². The van der Waals surface area contributed by atoms with Crippen LogP contribution in [0.1, 0.15) is 31.7 Å². The van der Waals surface area contributed by atoms with Crippen molar-refractivity contribution in [1.82, 2.24) is 20.1 Å². The minimum Gasteiger partial charge on any atom is -0.370 e. The van der Waals surface area contributed by atoms with Crippen molar-refractivity contribution in [2.24, 2.45) is 5.73 Å². The van der Waals surface area contributed by atoms with Crippen molar-refractivity contribution in [2.45, 2.75) is 45.3 Å². The summed E-state index contributed by atoms with van der Waals surface area (Å²) in [5.41, 5.74) is 7.65. The molecule has 0 atom stereocenters. The molecule has 0 aliphatic carbocycles. The number of primary amides is 1. The van der Waals surface area contributed by atoms with Crippen molar-refractivity contribution in [3.8, 4) is 0 Å². The van der Waals surface area contributed by atoms with Crippen LogP contribution in [0.2, 0.25) is 0 Å². The van der Waals surface area contributed by atoms with E-state index in [9.17, 15) is 9.59 Å². The summed E-state index contributed by atoms with van der Waals surface area (Å²) in [7, 11) is 0. The predicted molar refractivity (Wildman–Crippen MR) is 106 cm³/mol. The second-order valence-corrected chi connectivity index (χ2v) is 7.06. The Balaban J connectivity index is 1.59. The van der Waals surface area contributed by atoms with Crippen LogP contribution in [0.25, 0.3) is 10.9 Å². The Morgan fingerprint density at radius 2 is 1.96 bits per heavy atom. The van der Waals surface area contributed by atoms with E-state index in [1.165, 1.54) is 10.9 Å². The summed E-state index contributed by atoms with van der Waals surface area (Å²) < 4.78 is 2.11. The minimum absolute atomic E-state index is 0.0356. The first-order valence-corrected chi connectivity index (χ1v) is 9.69. The number of rotatable bonds is 7. The van der Waals surface area contributed by atoms with Crippen molar-refractivity contribution in [3.63, 3.8) is 0 Å². The first kappa shape index (κ1) is 19.2. The number of carbonyl (C=O) groups is 2. The number of aromatic nitrogens is 1. The van der Waals surface area contributed by atoms with E-state index in [-0.39, 0.29) is 11.9 Å². The van der Waals surface area contributed by atoms with Gasteiger partial charge in [-0.2, -0.15) is 0 Å². The van der Waals surface area contributed by atoms with Crippen molar-refractivity contribution in [1.29, 1.82) is 0 Å². The van der Waals surface area contributed by atoms with Crippen LogP contribution in [0.4, 0.5) is 4.79 Å². The summed E-state index contributed by atoms with van der Waals surface area (Å²) in [6.07, 6.45) is 4.36. The Kier molecular flexibility index (Phi) is 6.34. The van der Waals surface area contributed by atoms with Crippen LogP contribution in [0, 0.1) is 0 Å². The molecule has 4 N–H and O–H groups in total. The van der Waals surface area contributed by atoms with Gasteiger partial charge in [-0.3, -0.25) is 4.79 Å². The molecule has 0 saturated carbocycles. The first-order chi connectivity index (χ1) is 13.1. The van der Waals surface area contributed by atoms with E-state index < -0.39 is 0 Å². The van der Waals surface area contributed by atoms with E-state index in [1.807, 2.05) is 24.0 Å². The second-order valence-electron chi connectivity index (χ2n) is 7.06. The normalized spacial score (nSPS) is 15.2. The zero-order chi connectivity index (χ0) is 19.2. The lowest BCUT2D eigenvalue weighted by atomic mass is 10.0. The molecule has 1 aromatic heterocycles. The van der Waals surface area contributed by atoms with E-state index in [0.717, 1.165) is 38.0 Å². The molecule has 1 aromatic carbocycles. The highest BCUT2D eigenvalue weighted by atomic mass is 16.2. The van der Waals surface area contributed by atoms with Crippen LogP contribution in [-0.4, -0.2) is 47.1 Å². The van der Waals surface area contributed by atoms with Crippen LogP contribution in [0.3, 0.4) is 0 Å². The Bertz CT molecular complexity index is 793. The maximum atomic E-state index is 11.9. The molecule has 1 fully saturated rings. The zero-order valence-corrected chi connectivity index (χ0v) is 15.9. The molecule has 1 aliphatic rings. The number of nitrogens with zero attached hydrogens (tertiary/aromatic N) is 2. The summed E-state index contributed by atoms with van der Waals surface area (Å²) in [6, 6.07) is 8.68. The molecule has 0 radical (unpaired) electrons. The summed E-state index contributed by atoms with van der Waals surface area (Å²) >= 11 is 0. The quantitative estimate of drug-likeness (QED) is 0.693. The number of fused-ring (bicyclic) bond motifs is 1. The predicted octanol–water partition coefficient (Wildman–Crippen LogP) is 1.80. The lowest BCUT2D eigenvalue weighted by Gasteiger charge is -2.32. The average molecular weight is 371 g/mol. The van der Waals surface area contributed by atoms with Crippen molar-refractivity contribution in [3.05, 3.63) is 36.0 Å². The molecule has 1 aliphatic heterocycles. The highest BCUT2D eigenvalue weighted by Gasteiger charge is 2.22. The smallest absolute Gasteiger partial charge is 0.317 e. The maximum absolute atomic E-state index is 11.9. The lowest BCUT2D eigenvalue weighted by molar-refractivity contribution is -0.118. The number of nitrogens with two attached hydrogens (primary N) is 1. The molecule has 7 heteroatoms. The van der Waals surface area contributed by atoms with Crippen molar-refractivity contribution in [2.75, 3.05) is 19.6 Å². The van der Waals surface area contributed by atoms with Gasteiger partial charge in [0.1, 0.15) is 0 Å². The van der Waals surface area contributed by atoms with Gasteiger partial charge in [-0.05, 0) is 31.4 Å². The zero-order valence-electron chi connectivity index (χ0n) is 15.9. The second kappa shape index (κ2) is 8.90. The van der Waals surface area contributed by atoms with Gasteiger partial charge in [0.05, 0.1) is 0 Å². The monoisotopic (exact) mass is 371 g/mol. The summed E-state index contributed by atoms with van der Waals surface area (Å²) in [4.78, 5) is 24.9. The van der Waals surface area contributed by atoms with Crippen LogP contribution in [0.5, 0.6) is 0 Å². The van der Waals surface area contributed by atoms with Crippen molar-refractivity contribution < 1.29 is 9.59 Å². The van der Waals surface area contributed by atoms with Gasteiger partial charge in [0.15, 0.2) is 0 Å². The minimum atomic E-state index is -0.286. The molecule has 146 valence electrons. The maximum Gasteiger partial charge on any atom is 0.317 e. The molecular weight excluding hydrogens is 342 g/mol. The number of hydrogen-bond donors (Lipinski definition) is 3. The molecule has 0 unspecified atom stereocenters. The van der Waals surface area contributed by atoms with Gasteiger partial charge in [0.25, 0.3) is 0 Å². The standard InChI is InChI=1S/C20H29N5O2/c1-2-22-20(27)24-10-7-16(8-11-24)23-13-15-14-25(12-9-19(21)26)18-6-4-3-5-17(15)18/h3-6,14,16,23H,2,7-13H2,1H3,(H2,21,26)(H,22,27). The molecule has 3 amide bonds. The fourth-order valence-corrected chi connectivity index (χ4v) is 3.68. The van der Waals surface area contributed by atoms with E-state index in [0.29, 0.717) is 25.6 Å². The molecule has 2 aromatic rings. The summed E-state index contributed by atoms with van der Waals surface area (Å²) in [5.74, 6) is -0.286. The molecule has 1 saturated heterocycles. The number of benzene rings is 1. The number of likely N-dealkylation sites (tertiary alicyclic amines) is 1. The topological polar surface area (TPSA) is 92.4 Å². The summed E-state index contributed by atoms with van der Waals surface area (Å²) in [6.45, 7) is 5.54. The molecule has 0 bridgehead atoms. The van der Waals surface area contributed by atoms with Crippen LogP contribution < -0.4 is 16.4 Å². The first-order valence-electron chi connectivity index (χ1n) is 9.69. The molecule has 2 heterocycles. The van der Waals surface area contributed by atoms with Gasteiger partial charge in [0, 0.05) is 62.3 Å². The third kappa shape index (κ3) is 4.80. The highest BCUT2D eigenvalue weighted by molar-refractivity contribution is 5.84. The molecule has 3 rings (SSSR count). The number of amides is 3. The third-order valence-electron chi connectivity index (χ3n) is 5.16. The fraction of sp³-hybridized carbons (Fsp3) is 0.500. The number of aryl methyl sites for hydroxylation is 1. The Hall–Kier alpha value is -2.54. The SMILES string of the molecule is CCNC(=O)N1CCC(NCc2cn(CCC(N)=O)c3ccccc23)CC1. The number of carbonyl (C=O) groups excluding carboxylic acids is 2. The van der Waals surface area contributed by atoms with E-state index in [1.54, 1.807) is 0 Å². The molecule has 0 spiro atoms. The van der Waals surface area contributed by atoms with Crippen LogP contribution in [-0.2, 0) is 17.9 Å². The molecule has 27 heavy (non-hydrogen) atoms. The number of para-hydroxylation sites is 1. The Morgan fingerprint density at radius 3 is 2.67 bits per heavy atom. The van der Waals surface area contributed by atoms with Gasteiger partial charge >= 0.3 is 6.03 Å². The number of hydrogen-bond acceptors (Lipinski definition) is 3. The average Bonchev–Trinajstić information content (AvgIpc) is 3.03. The van der Waals surface area contributed by atoms with Gasteiger partial charge in [-0.15, -0.1) is 0 Å². The van der Waals surface area contributed by atoms with E-state index >= 15 is 0 Å². The van der Waals surface area contributed by atoms with Crippen LogP contribution in [0.15, 0.2) is 30.5 Å². The molecule has 7 nitrogen and oxygen atoms in total. The van der Waals surface area contributed by atoms with Gasteiger partial charge in [0.2, 0.25) is 5.91 Å². The highest BCUT2D eigenvalue weighted by Crippen LogP contribution is 2.22. The lowest BCUT2D eigenvalue weighted by Crippen LogP contribution is -2.48. The molecular formula is C20H29N5O2. The van der Waals surface area contributed by atoms with E-state index in [2.05, 4.69) is 33.5 Å². The third-order valence-corrected chi connectivity index (χ3v) is 5.16. The van der Waals surface area contributed by atoms with Crippen LogP contribution >= 0.6 is 0 Å². The number of urea groups is 1. The van der Waals surface area contributed by atoms with Gasteiger partial charge in [-0.1, -0.05) is 18.2 Å². The number of piperidine rings is 1. The fourth-order valence-electron chi connectivity index (χ4n) is 3.68. The number of nitrogens with one attached hydrogen (secondary N) is 2. The van der Waals surface area contributed by atoms with Crippen molar-refractivity contribution >= 4 is 22.8 Å². The Labute approximate surface area is 159 Å². The Morgan fingerprint density at radius 1 is 1.22 bits per heavy atom.